The number of para-hydroxylation sites is 1. The Morgan fingerprint density at radius 2 is 1.86 bits per heavy atom. The van der Waals surface area contributed by atoms with Crippen LogP contribution in [-0.4, -0.2) is 73.2 Å². The highest BCUT2D eigenvalue weighted by Gasteiger charge is 2.25. The van der Waals surface area contributed by atoms with Crippen molar-refractivity contribution in [3.05, 3.63) is 48.3 Å². The Hall–Kier alpha value is -2.83. The van der Waals surface area contributed by atoms with Gasteiger partial charge in [0.2, 0.25) is 5.95 Å². The number of aliphatic imine (C=N–C) groups is 1. The molecule has 0 saturated carbocycles. The van der Waals surface area contributed by atoms with Crippen LogP contribution >= 0.6 is 0 Å². The number of nitrogens with one attached hydrogen (secondary N) is 1. The number of benzene rings is 1. The lowest BCUT2D eigenvalue weighted by Crippen LogP contribution is -2.53. The average Bonchev–Trinajstić information content (AvgIpc) is 3.07. The molecule has 1 unspecified atom stereocenters. The maximum absolute atomic E-state index is 4.50. The van der Waals surface area contributed by atoms with Crippen molar-refractivity contribution in [2.45, 2.75) is 19.4 Å². The summed E-state index contributed by atoms with van der Waals surface area (Å²) in [5, 5.41) is 3.56. The van der Waals surface area contributed by atoms with Crippen LogP contribution in [-0.2, 0) is 6.42 Å². The van der Waals surface area contributed by atoms with Crippen LogP contribution in [0.15, 0.2) is 47.7 Å². The maximum Gasteiger partial charge on any atom is 0.225 e. The van der Waals surface area contributed by atoms with E-state index in [0.717, 1.165) is 57.6 Å². The summed E-state index contributed by atoms with van der Waals surface area (Å²) in [6.45, 7) is 7.81. The van der Waals surface area contributed by atoms with E-state index < -0.39 is 0 Å². The first kappa shape index (κ1) is 18.5. The van der Waals surface area contributed by atoms with Crippen LogP contribution in [0, 0.1) is 0 Å². The minimum Gasteiger partial charge on any atom is -0.367 e. The van der Waals surface area contributed by atoms with Crippen LogP contribution < -0.4 is 15.1 Å². The molecular weight excluding hydrogens is 350 g/mol. The number of fused-ring (bicyclic) bond motifs is 1. The third kappa shape index (κ3) is 3.88. The van der Waals surface area contributed by atoms with Crippen molar-refractivity contribution >= 4 is 17.6 Å². The number of guanidine groups is 1. The maximum atomic E-state index is 4.50. The summed E-state index contributed by atoms with van der Waals surface area (Å²) in [5.74, 6) is 1.79. The summed E-state index contributed by atoms with van der Waals surface area (Å²) in [4.78, 5) is 20.3. The van der Waals surface area contributed by atoms with Crippen molar-refractivity contribution in [1.29, 1.82) is 0 Å². The third-order valence-corrected chi connectivity index (χ3v) is 5.61. The fraction of sp³-hybridized carbons (Fsp3) is 0.476. The van der Waals surface area contributed by atoms with Crippen LogP contribution in [0.1, 0.15) is 12.5 Å². The van der Waals surface area contributed by atoms with E-state index in [1.54, 1.807) is 12.4 Å². The standard InChI is InChI=1S/C21H29N7/c1-17-16-18-6-3-4-7-19(18)28(17)11-10-25-20(22-2)26-12-14-27(15-13-26)21-23-8-5-9-24-21/h3-9,17H,10-16H2,1-2H3,(H,22,25). The number of piperazine rings is 1. The number of aromatic nitrogens is 2. The predicted octanol–water partition coefficient (Wildman–Crippen LogP) is 1.63. The molecule has 0 bridgehead atoms. The molecule has 148 valence electrons. The van der Waals surface area contributed by atoms with Gasteiger partial charge in [-0.15, -0.1) is 0 Å². The van der Waals surface area contributed by atoms with E-state index in [0.29, 0.717) is 6.04 Å². The van der Waals surface area contributed by atoms with Crippen molar-refractivity contribution in [3.8, 4) is 0 Å². The topological polar surface area (TPSA) is 59.9 Å². The number of hydrogen-bond acceptors (Lipinski definition) is 5. The van der Waals surface area contributed by atoms with E-state index in [1.807, 2.05) is 13.1 Å². The van der Waals surface area contributed by atoms with Gasteiger partial charge < -0.3 is 20.0 Å². The van der Waals surface area contributed by atoms with E-state index in [4.69, 9.17) is 0 Å². The Morgan fingerprint density at radius 3 is 2.61 bits per heavy atom. The van der Waals surface area contributed by atoms with E-state index in [2.05, 4.69) is 66.2 Å². The van der Waals surface area contributed by atoms with Gasteiger partial charge in [0.25, 0.3) is 0 Å². The molecule has 7 heteroatoms. The van der Waals surface area contributed by atoms with Gasteiger partial charge >= 0.3 is 0 Å². The van der Waals surface area contributed by atoms with Gasteiger partial charge in [-0.1, -0.05) is 18.2 Å². The number of hydrogen-bond donors (Lipinski definition) is 1. The molecule has 1 aromatic carbocycles. The van der Waals surface area contributed by atoms with Gasteiger partial charge in [0.1, 0.15) is 0 Å². The minimum atomic E-state index is 0.552. The summed E-state index contributed by atoms with van der Waals surface area (Å²) < 4.78 is 0. The zero-order chi connectivity index (χ0) is 19.3. The minimum absolute atomic E-state index is 0.552. The highest BCUT2D eigenvalue weighted by Crippen LogP contribution is 2.31. The summed E-state index contributed by atoms with van der Waals surface area (Å²) in [5.41, 5.74) is 2.84. The first-order chi connectivity index (χ1) is 13.8. The highest BCUT2D eigenvalue weighted by molar-refractivity contribution is 5.80. The molecule has 1 saturated heterocycles. The quantitative estimate of drug-likeness (QED) is 0.644. The molecule has 0 amide bonds. The normalized spacial score (nSPS) is 19.7. The molecule has 4 rings (SSSR count). The second-order valence-corrected chi connectivity index (χ2v) is 7.37. The van der Waals surface area contributed by atoms with Gasteiger partial charge in [-0.05, 0) is 31.0 Å². The van der Waals surface area contributed by atoms with Crippen molar-refractivity contribution in [1.82, 2.24) is 20.2 Å². The molecule has 3 heterocycles. The molecule has 1 fully saturated rings. The van der Waals surface area contributed by atoms with E-state index in [1.165, 1.54) is 11.3 Å². The summed E-state index contributed by atoms with van der Waals surface area (Å²) in [6.07, 6.45) is 4.73. The molecule has 2 aromatic rings. The van der Waals surface area contributed by atoms with Crippen LogP contribution in [0.4, 0.5) is 11.6 Å². The van der Waals surface area contributed by atoms with Crippen LogP contribution in [0.25, 0.3) is 0 Å². The number of anilines is 2. The molecule has 0 radical (unpaired) electrons. The van der Waals surface area contributed by atoms with E-state index >= 15 is 0 Å². The lowest BCUT2D eigenvalue weighted by molar-refractivity contribution is 0.370. The summed E-state index contributed by atoms with van der Waals surface area (Å²) in [6, 6.07) is 11.1. The molecule has 1 atom stereocenters. The lowest BCUT2D eigenvalue weighted by Gasteiger charge is -2.36. The summed E-state index contributed by atoms with van der Waals surface area (Å²) in [7, 11) is 1.86. The van der Waals surface area contributed by atoms with Gasteiger partial charge in [0.15, 0.2) is 5.96 Å². The Kier molecular flexibility index (Phi) is 5.60. The average molecular weight is 380 g/mol. The fourth-order valence-electron chi connectivity index (χ4n) is 4.16. The second kappa shape index (κ2) is 8.46. The van der Waals surface area contributed by atoms with Crippen molar-refractivity contribution in [2.24, 2.45) is 4.99 Å². The molecule has 2 aliphatic heterocycles. The van der Waals surface area contributed by atoms with Crippen molar-refractivity contribution < 1.29 is 0 Å². The predicted molar refractivity (Wildman–Crippen MR) is 114 cm³/mol. The van der Waals surface area contributed by atoms with Gasteiger partial charge in [-0.2, -0.15) is 0 Å². The second-order valence-electron chi connectivity index (χ2n) is 7.37. The SMILES string of the molecule is CN=C(NCCN1c2ccccc2CC1C)N1CCN(c2ncccn2)CC1. The Balaban J connectivity index is 1.28. The zero-order valence-electron chi connectivity index (χ0n) is 16.8. The number of nitrogens with zero attached hydrogens (tertiary/aromatic N) is 6. The van der Waals surface area contributed by atoms with Crippen LogP contribution in [0.5, 0.6) is 0 Å². The number of rotatable bonds is 4. The lowest BCUT2D eigenvalue weighted by atomic mass is 10.1. The smallest absolute Gasteiger partial charge is 0.225 e. The molecule has 0 spiro atoms. The zero-order valence-corrected chi connectivity index (χ0v) is 16.8. The summed E-state index contributed by atoms with van der Waals surface area (Å²) >= 11 is 0. The Bertz CT molecular complexity index is 799. The molecule has 2 aliphatic rings. The van der Waals surface area contributed by atoms with Crippen LogP contribution in [0.3, 0.4) is 0 Å². The van der Waals surface area contributed by atoms with E-state index in [9.17, 15) is 0 Å². The molecule has 7 nitrogen and oxygen atoms in total. The molecular formula is C21H29N7. The Labute approximate surface area is 167 Å². The molecule has 1 N–H and O–H groups in total. The van der Waals surface area contributed by atoms with Gasteiger partial charge in [0, 0.05) is 70.4 Å². The Morgan fingerprint density at radius 1 is 1.11 bits per heavy atom. The highest BCUT2D eigenvalue weighted by atomic mass is 15.4. The van der Waals surface area contributed by atoms with Crippen molar-refractivity contribution in [3.63, 3.8) is 0 Å². The first-order valence-electron chi connectivity index (χ1n) is 10.1. The molecule has 0 aliphatic carbocycles. The van der Waals surface area contributed by atoms with Crippen LogP contribution in [0.2, 0.25) is 0 Å². The monoisotopic (exact) mass is 379 g/mol. The fourth-order valence-corrected chi connectivity index (χ4v) is 4.16. The molecule has 28 heavy (non-hydrogen) atoms. The first-order valence-corrected chi connectivity index (χ1v) is 10.1. The van der Waals surface area contributed by atoms with Gasteiger partial charge in [-0.25, -0.2) is 9.97 Å². The van der Waals surface area contributed by atoms with Gasteiger partial charge in [-0.3, -0.25) is 4.99 Å². The molecule has 1 aromatic heterocycles. The van der Waals surface area contributed by atoms with Gasteiger partial charge in [0.05, 0.1) is 0 Å². The van der Waals surface area contributed by atoms with E-state index in [-0.39, 0.29) is 0 Å². The third-order valence-electron chi connectivity index (χ3n) is 5.61. The largest absolute Gasteiger partial charge is 0.367 e. The van der Waals surface area contributed by atoms with Crippen molar-refractivity contribution in [2.75, 3.05) is 56.1 Å².